The first kappa shape index (κ1) is 15.3. The predicted octanol–water partition coefficient (Wildman–Crippen LogP) is 3.53. The fourth-order valence-electron chi connectivity index (χ4n) is 4.18. The van der Waals surface area contributed by atoms with Crippen LogP contribution in [0.1, 0.15) is 53.4 Å². The molecular formula is C17H26O3. The molecule has 0 amide bonds. The number of fused-ring (bicyclic) bond motifs is 1. The maximum Gasteiger partial charge on any atom is 0.302 e. The molecule has 0 aromatic heterocycles. The predicted molar refractivity (Wildman–Crippen MR) is 78.1 cm³/mol. The molecule has 0 aliphatic heterocycles. The molecule has 2 aliphatic carbocycles. The van der Waals surface area contributed by atoms with E-state index >= 15 is 0 Å². The third-order valence-electron chi connectivity index (χ3n) is 5.38. The highest BCUT2D eigenvalue weighted by Gasteiger charge is 2.51. The van der Waals surface area contributed by atoms with E-state index in [9.17, 15) is 9.59 Å². The maximum atomic E-state index is 11.4. The van der Waals surface area contributed by atoms with Crippen LogP contribution in [0.4, 0.5) is 0 Å². The number of hydrogen-bond donors (Lipinski definition) is 0. The molecule has 3 nitrogen and oxygen atoms in total. The largest absolute Gasteiger partial charge is 0.462 e. The molecule has 0 radical (unpaired) electrons. The van der Waals surface area contributed by atoms with E-state index < -0.39 is 0 Å². The first-order valence-corrected chi connectivity index (χ1v) is 7.71. The minimum absolute atomic E-state index is 0.0225. The van der Waals surface area contributed by atoms with Crippen molar-refractivity contribution in [2.75, 3.05) is 0 Å². The first-order valence-electron chi connectivity index (χ1n) is 7.71. The lowest BCUT2D eigenvalue weighted by Gasteiger charge is -2.38. The van der Waals surface area contributed by atoms with Crippen molar-refractivity contribution in [3.05, 3.63) is 11.6 Å². The number of carbonyl (C=O) groups excluding carboxylic acids is 2. The van der Waals surface area contributed by atoms with Gasteiger partial charge in [0.2, 0.25) is 0 Å². The molecule has 4 atom stereocenters. The first-order chi connectivity index (χ1) is 9.38. The van der Waals surface area contributed by atoms with E-state index in [0.717, 1.165) is 37.5 Å². The van der Waals surface area contributed by atoms with Gasteiger partial charge in [-0.3, -0.25) is 9.59 Å². The molecular weight excluding hydrogens is 252 g/mol. The van der Waals surface area contributed by atoms with Crippen LogP contribution in [-0.4, -0.2) is 18.4 Å². The van der Waals surface area contributed by atoms with Crippen LogP contribution in [0, 0.1) is 23.2 Å². The topological polar surface area (TPSA) is 43.4 Å². The Morgan fingerprint density at radius 2 is 2.15 bits per heavy atom. The van der Waals surface area contributed by atoms with Crippen molar-refractivity contribution in [2.45, 2.75) is 59.5 Å². The lowest BCUT2D eigenvalue weighted by Crippen LogP contribution is -2.39. The molecule has 0 N–H and O–H groups in total. The molecule has 1 fully saturated rings. The van der Waals surface area contributed by atoms with Gasteiger partial charge in [-0.15, -0.1) is 0 Å². The van der Waals surface area contributed by atoms with Crippen molar-refractivity contribution in [1.29, 1.82) is 0 Å². The highest BCUT2D eigenvalue weighted by atomic mass is 16.5. The number of rotatable bonds is 3. The zero-order valence-electron chi connectivity index (χ0n) is 13.0. The van der Waals surface area contributed by atoms with Crippen LogP contribution in [0.2, 0.25) is 0 Å². The van der Waals surface area contributed by atoms with Gasteiger partial charge in [0.25, 0.3) is 0 Å². The molecule has 3 heteroatoms. The molecule has 0 heterocycles. The number of carbonyl (C=O) groups is 2. The smallest absolute Gasteiger partial charge is 0.302 e. The molecule has 20 heavy (non-hydrogen) atoms. The minimum Gasteiger partial charge on any atom is -0.462 e. The Balaban J connectivity index is 2.36. The third kappa shape index (κ3) is 2.68. The van der Waals surface area contributed by atoms with Crippen LogP contribution in [0.15, 0.2) is 11.6 Å². The summed E-state index contributed by atoms with van der Waals surface area (Å²) in [6, 6.07) is 0. The summed E-state index contributed by atoms with van der Waals surface area (Å²) in [5.74, 6) is 1.29. The van der Waals surface area contributed by atoms with E-state index in [0.29, 0.717) is 17.8 Å². The monoisotopic (exact) mass is 278 g/mol. The molecule has 112 valence electrons. The summed E-state index contributed by atoms with van der Waals surface area (Å²) in [6.45, 7) is 8.21. The van der Waals surface area contributed by atoms with Crippen LogP contribution in [0.3, 0.4) is 0 Å². The van der Waals surface area contributed by atoms with Gasteiger partial charge >= 0.3 is 5.97 Å². The Kier molecular flexibility index (Phi) is 4.36. The lowest BCUT2D eigenvalue weighted by atomic mass is 9.71. The minimum atomic E-state index is -0.211. The van der Waals surface area contributed by atoms with Gasteiger partial charge in [0.05, 0.1) is 0 Å². The van der Waals surface area contributed by atoms with Crippen LogP contribution >= 0.6 is 0 Å². The lowest BCUT2D eigenvalue weighted by molar-refractivity contribution is -0.155. The molecule has 0 aromatic rings. The molecule has 2 rings (SSSR count). The SMILES string of the molecule is CC(=O)OC1CCC(C=O)=CC2C(C(C)C)CCC12C. The summed E-state index contributed by atoms with van der Waals surface area (Å²) in [6.07, 6.45) is 6.80. The Hall–Kier alpha value is -1.12. The Morgan fingerprint density at radius 1 is 1.45 bits per heavy atom. The quantitative estimate of drug-likeness (QED) is 0.586. The van der Waals surface area contributed by atoms with Gasteiger partial charge in [0.15, 0.2) is 0 Å². The summed E-state index contributed by atoms with van der Waals surface area (Å²) in [7, 11) is 0. The fourth-order valence-corrected chi connectivity index (χ4v) is 4.18. The average Bonchev–Trinajstić information content (AvgIpc) is 2.64. The molecule has 0 saturated heterocycles. The van der Waals surface area contributed by atoms with Gasteiger partial charge in [-0.25, -0.2) is 0 Å². The summed E-state index contributed by atoms with van der Waals surface area (Å²) >= 11 is 0. The maximum absolute atomic E-state index is 11.4. The van der Waals surface area contributed by atoms with Crippen LogP contribution in [0.25, 0.3) is 0 Å². The number of esters is 1. The van der Waals surface area contributed by atoms with Crippen molar-refractivity contribution in [1.82, 2.24) is 0 Å². The Morgan fingerprint density at radius 3 is 2.70 bits per heavy atom. The van der Waals surface area contributed by atoms with Crippen LogP contribution < -0.4 is 0 Å². The van der Waals surface area contributed by atoms with Gasteiger partial charge in [-0.2, -0.15) is 0 Å². The second-order valence-electron chi connectivity index (χ2n) is 6.97. The highest BCUT2D eigenvalue weighted by molar-refractivity contribution is 5.73. The molecule has 0 spiro atoms. The van der Waals surface area contributed by atoms with Crippen LogP contribution in [-0.2, 0) is 14.3 Å². The summed E-state index contributed by atoms with van der Waals surface area (Å²) in [5.41, 5.74) is 0.856. The van der Waals surface area contributed by atoms with Gasteiger partial charge in [-0.1, -0.05) is 26.8 Å². The highest BCUT2D eigenvalue weighted by Crippen LogP contribution is 2.55. The van der Waals surface area contributed by atoms with Crippen molar-refractivity contribution in [2.24, 2.45) is 23.2 Å². The van der Waals surface area contributed by atoms with Crippen molar-refractivity contribution in [3.63, 3.8) is 0 Å². The number of hydrogen-bond acceptors (Lipinski definition) is 3. The van der Waals surface area contributed by atoms with Gasteiger partial charge in [-0.05, 0) is 49.0 Å². The van der Waals surface area contributed by atoms with Gasteiger partial charge in [0, 0.05) is 12.3 Å². The zero-order valence-corrected chi connectivity index (χ0v) is 13.0. The summed E-state index contributed by atoms with van der Waals surface area (Å²) in [5, 5.41) is 0. The normalized spacial score (nSPS) is 37.0. The van der Waals surface area contributed by atoms with Gasteiger partial charge < -0.3 is 4.74 Å². The number of allylic oxidation sites excluding steroid dienone is 2. The van der Waals surface area contributed by atoms with Crippen molar-refractivity contribution >= 4 is 12.3 Å². The van der Waals surface area contributed by atoms with Crippen LogP contribution in [0.5, 0.6) is 0 Å². The van der Waals surface area contributed by atoms with Gasteiger partial charge in [0.1, 0.15) is 12.4 Å². The molecule has 1 saturated carbocycles. The second-order valence-corrected chi connectivity index (χ2v) is 6.97. The standard InChI is InChI=1S/C17H26O3/c1-11(2)14-7-8-17(4)15(14)9-13(10-18)5-6-16(17)20-12(3)19/h9-11,14-16H,5-8H2,1-4H3. The van der Waals surface area contributed by atoms with E-state index in [4.69, 9.17) is 4.74 Å². The Labute approximate surface area is 121 Å². The second kappa shape index (κ2) is 5.71. The van der Waals surface area contributed by atoms with E-state index in [1.165, 1.54) is 6.92 Å². The van der Waals surface area contributed by atoms with E-state index in [1.807, 2.05) is 0 Å². The summed E-state index contributed by atoms with van der Waals surface area (Å²) < 4.78 is 5.62. The number of aldehydes is 1. The van der Waals surface area contributed by atoms with E-state index in [-0.39, 0.29) is 17.5 Å². The molecule has 0 bridgehead atoms. The van der Waals surface area contributed by atoms with Crippen molar-refractivity contribution in [3.8, 4) is 0 Å². The average molecular weight is 278 g/mol. The molecule has 0 aromatic carbocycles. The Bertz CT molecular complexity index is 424. The third-order valence-corrected chi connectivity index (χ3v) is 5.38. The van der Waals surface area contributed by atoms with E-state index in [1.54, 1.807) is 0 Å². The zero-order chi connectivity index (χ0) is 14.9. The fraction of sp³-hybridized carbons (Fsp3) is 0.765. The van der Waals surface area contributed by atoms with E-state index in [2.05, 4.69) is 26.8 Å². The van der Waals surface area contributed by atoms with Crippen molar-refractivity contribution < 1.29 is 14.3 Å². The number of ether oxygens (including phenoxy) is 1. The summed E-state index contributed by atoms with van der Waals surface area (Å²) in [4.78, 5) is 22.6. The molecule has 4 unspecified atom stereocenters. The molecule has 2 aliphatic rings.